The summed E-state index contributed by atoms with van der Waals surface area (Å²) in [5.41, 5.74) is 1.24. The van der Waals surface area contributed by atoms with Crippen LogP contribution in [-0.4, -0.2) is 57.4 Å². The molecule has 2 aromatic rings. The highest BCUT2D eigenvalue weighted by atomic mass is 16.5. The Bertz CT molecular complexity index is 649. The summed E-state index contributed by atoms with van der Waals surface area (Å²) in [6, 6.07) is 0. The molecule has 0 bridgehead atoms. The number of rotatable bonds is 5. The van der Waals surface area contributed by atoms with E-state index in [0.717, 1.165) is 24.2 Å². The van der Waals surface area contributed by atoms with Gasteiger partial charge in [-0.2, -0.15) is 4.98 Å². The minimum absolute atomic E-state index is 0.432. The number of β-amino-alcohol motifs (C(OH)–C–C–N with tert-alkyl or cyclic N) is 1. The number of hydrogen-bond acceptors (Lipinski definition) is 7. The Morgan fingerprint density at radius 1 is 1.17 bits per heavy atom. The van der Waals surface area contributed by atoms with Gasteiger partial charge >= 0.3 is 0 Å². The summed E-state index contributed by atoms with van der Waals surface area (Å²) < 4.78 is 5.20. The predicted molar refractivity (Wildman–Crippen MR) is 88.5 cm³/mol. The van der Waals surface area contributed by atoms with E-state index >= 15 is 0 Å². The number of fused-ring (bicyclic) bond motifs is 1. The van der Waals surface area contributed by atoms with Crippen LogP contribution >= 0.6 is 0 Å². The van der Waals surface area contributed by atoms with Crippen LogP contribution in [-0.2, 0) is 0 Å². The highest BCUT2D eigenvalue weighted by Gasteiger charge is 2.17. The highest BCUT2D eigenvalue weighted by Crippen LogP contribution is 2.23. The smallest absolute Gasteiger partial charge is 0.263 e. The average Bonchev–Trinajstić information content (AvgIpc) is 2.73. The maximum atomic E-state index is 10.3. The largest absolute Gasteiger partial charge is 0.390 e. The number of aromatic nitrogens is 3. The molecular formula is C16H25N5O2. The Balaban J connectivity index is 1.62. The number of nitrogens with zero attached hydrogens (tertiary/aromatic N) is 4. The summed E-state index contributed by atoms with van der Waals surface area (Å²) >= 11 is 0. The van der Waals surface area contributed by atoms with Gasteiger partial charge in [0.25, 0.3) is 5.71 Å². The van der Waals surface area contributed by atoms with E-state index < -0.39 is 6.10 Å². The Hall–Kier alpha value is -1.73. The zero-order valence-corrected chi connectivity index (χ0v) is 13.9. The van der Waals surface area contributed by atoms with E-state index in [-0.39, 0.29) is 0 Å². The second-order valence-corrected chi connectivity index (χ2v) is 6.32. The number of likely N-dealkylation sites (tertiary alicyclic amines) is 1. The van der Waals surface area contributed by atoms with Crippen LogP contribution in [0, 0.1) is 13.8 Å². The molecule has 3 heterocycles. The molecule has 0 unspecified atom stereocenters. The monoisotopic (exact) mass is 319 g/mol. The lowest BCUT2D eigenvalue weighted by Crippen LogP contribution is -2.36. The summed E-state index contributed by atoms with van der Waals surface area (Å²) in [7, 11) is 0. The van der Waals surface area contributed by atoms with Gasteiger partial charge in [-0.3, -0.25) is 0 Å². The Kier molecular flexibility index (Phi) is 5.07. The van der Waals surface area contributed by atoms with E-state index in [4.69, 9.17) is 4.52 Å². The van der Waals surface area contributed by atoms with Crippen molar-refractivity contribution in [2.75, 3.05) is 31.5 Å². The topological polar surface area (TPSA) is 87.3 Å². The summed E-state index contributed by atoms with van der Waals surface area (Å²) in [5.74, 6) is 1.30. The standard InChI is InChI=1S/C16H25N5O2/c1-11-14-15(18-12(2)19-16(14)23-20-11)17-9-13(22)10-21-7-5-3-4-6-8-21/h13,22H,3-10H2,1-2H3,(H,17,18,19)/t13-/m0/s1. The second kappa shape index (κ2) is 7.23. The molecule has 1 aliphatic rings. The summed E-state index contributed by atoms with van der Waals surface area (Å²) in [4.78, 5) is 11.0. The number of aliphatic hydroxyl groups excluding tert-OH is 1. The molecule has 7 heteroatoms. The maximum Gasteiger partial charge on any atom is 0.263 e. The van der Waals surface area contributed by atoms with Crippen LogP contribution in [0.3, 0.4) is 0 Å². The summed E-state index contributed by atoms with van der Waals surface area (Å²) in [6.07, 6.45) is 4.63. The molecule has 2 aromatic heterocycles. The quantitative estimate of drug-likeness (QED) is 0.870. The van der Waals surface area contributed by atoms with Gasteiger partial charge in [0.1, 0.15) is 17.0 Å². The van der Waals surface area contributed by atoms with Gasteiger partial charge in [0, 0.05) is 13.1 Å². The zero-order valence-electron chi connectivity index (χ0n) is 13.9. The SMILES string of the molecule is Cc1nc(NC[C@H](O)CN2CCCCCC2)c2c(C)noc2n1. The fourth-order valence-electron chi connectivity index (χ4n) is 3.12. The lowest BCUT2D eigenvalue weighted by atomic mass is 10.2. The van der Waals surface area contributed by atoms with Crippen molar-refractivity contribution in [2.24, 2.45) is 0 Å². The van der Waals surface area contributed by atoms with Crippen molar-refractivity contribution in [1.29, 1.82) is 0 Å². The number of hydrogen-bond donors (Lipinski definition) is 2. The molecule has 1 fully saturated rings. The minimum Gasteiger partial charge on any atom is -0.390 e. The van der Waals surface area contributed by atoms with Crippen molar-refractivity contribution < 1.29 is 9.63 Å². The Labute approximate surface area is 136 Å². The van der Waals surface area contributed by atoms with Crippen molar-refractivity contribution in [3.05, 3.63) is 11.5 Å². The molecule has 3 rings (SSSR count). The van der Waals surface area contributed by atoms with Gasteiger partial charge in [-0.25, -0.2) is 4.98 Å². The van der Waals surface area contributed by atoms with E-state index in [0.29, 0.717) is 30.4 Å². The third-order valence-electron chi connectivity index (χ3n) is 4.29. The van der Waals surface area contributed by atoms with Crippen LogP contribution in [0.4, 0.5) is 5.82 Å². The summed E-state index contributed by atoms with van der Waals surface area (Å²) in [6.45, 7) is 6.99. The number of nitrogens with one attached hydrogen (secondary N) is 1. The predicted octanol–water partition coefficient (Wildman–Crippen LogP) is 1.88. The van der Waals surface area contributed by atoms with Crippen LogP contribution in [0.1, 0.15) is 37.2 Å². The zero-order chi connectivity index (χ0) is 16.2. The molecule has 1 atom stereocenters. The molecule has 1 aliphatic heterocycles. The van der Waals surface area contributed by atoms with Gasteiger partial charge in [0.15, 0.2) is 0 Å². The van der Waals surface area contributed by atoms with Crippen molar-refractivity contribution in [2.45, 2.75) is 45.6 Å². The normalized spacial score (nSPS) is 18.0. The van der Waals surface area contributed by atoms with Gasteiger partial charge in [-0.1, -0.05) is 18.0 Å². The van der Waals surface area contributed by atoms with Crippen molar-refractivity contribution >= 4 is 16.9 Å². The van der Waals surface area contributed by atoms with Crippen LogP contribution in [0.25, 0.3) is 11.1 Å². The fourth-order valence-corrected chi connectivity index (χ4v) is 3.12. The molecule has 126 valence electrons. The van der Waals surface area contributed by atoms with Gasteiger partial charge in [-0.15, -0.1) is 0 Å². The molecule has 0 amide bonds. The molecule has 0 aliphatic carbocycles. The first-order chi connectivity index (χ1) is 11.1. The lowest BCUT2D eigenvalue weighted by Gasteiger charge is -2.23. The van der Waals surface area contributed by atoms with Crippen LogP contribution in [0.5, 0.6) is 0 Å². The molecule has 0 saturated carbocycles. The van der Waals surface area contributed by atoms with Gasteiger partial charge < -0.3 is 19.8 Å². The molecule has 0 aromatic carbocycles. The molecule has 7 nitrogen and oxygen atoms in total. The molecule has 1 saturated heterocycles. The maximum absolute atomic E-state index is 10.3. The van der Waals surface area contributed by atoms with Gasteiger partial charge in [0.05, 0.1) is 11.8 Å². The highest BCUT2D eigenvalue weighted by molar-refractivity contribution is 5.87. The molecule has 0 radical (unpaired) electrons. The second-order valence-electron chi connectivity index (χ2n) is 6.32. The Morgan fingerprint density at radius 3 is 2.65 bits per heavy atom. The number of aryl methyl sites for hydroxylation is 2. The third-order valence-corrected chi connectivity index (χ3v) is 4.29. The van der Waals surface area contributed by atoms with Crippen molar-refractivity contribution in [3.63, 3.8) is 0 Å². The van der Waals surface area contributed by atoms with E-state index in [1.165, 1.54) is 25.7 Å². The molecule has 0 spiro atoms. The van der Waals surface area contributed by atoms with Crippen molar-refractivity contribution in [3.8, 4) is 0 Å². The molecule has 23 heavy (non-hydrogen) atoms. The van der Waals surface area contributed by atoms with Crippen LogP contribution in [0.15, 0.2) is 4.52 Å². The lowest BCUT2D eigenvalue weighted by molar-refractivity contribution is 0.124. The van der Waals surface area contributed by atoms with Crippen molar-refractivity contribution in [1.82, 2.24) is 20.0 Å². The first kappa shape index (κ1) is 16.1. The Morgan fingerprint density at radius 2 is 1.91 bits per heavy atom. The third kappa shape index (κ3) is 3.97. The van der Waals surface area contributed by atoms with Gasteiger partial charge in [-0.05, 0) is 39.8 Å². The first-order valence-corrected chi connectivity index (χ1v) is 8.38. The van der Waals surface area contributed by atoms with Crippen LogP contribution < -0.4 is 5.32 Å². The fraction of sp³-hybridized carbons (Fsp3) is 0.688. The molecular weight excluding hydrogens is 294 g/mol. The average molecular weight is 319 g/mol. The van der Waals surface area contributed by atoms with E-state index in [2.05, 4.69) is 25.3 Å². The minimum atomic E-state index is -0.432. The van der Waals surface area contributed by atoms with Crippen LogP contribution in [0.2, 0.25) is 0 Å². The number of aliphatic hydroxyl groups is 1. The number of anilines is 1. The van der Waals surface area contributed by atoms with E-state index in [9.17, 15) is 5.11 Å². The van der Waals surface area contributed by atoms with E-state index in [1.54, 1.807) is 0 Å². The molecule has 2 N–H and O–H groups in total. The first-order valence-electron chi connectivity index (χ1n) is 8.38. The van der Waals surface area contributed by atoms with E-state index in [1.807, 2.05) is 13.8 Å². The summed E-state index contributed by atoms with van der Waals surface area (Å²) in [5, 5.41) is 18.3. The van der Waals surface area contributed by atoms with Gasteiger partial charge in [0.2, 0.25) is 0 Å².